The van der Waals surface area contributed by atoms with Gasteiger partial charge < -0.3 is 10.8 Å². The second-order valence-electron chi connectivity index (χ2n) is 4.91. The summed E-state index contributed by atoms with van der Waals surface area (Å²) in [6.07, 6.45) is 0. The van der Waals surface area contributed by atoms with Gasteiger partial charge in [-0.05, 0) is 20.4 Å². The van der Waals surface area contributed by atoms with Crippen molar-refractivity contribution in [1.82, 2.24) is 9.80 Å². The molecule has 0 saturated carbocycles. The van der Waals surface area contributed by atoms with Crippen LogP contribution in [0.15, 0.2) is 0 Å². The van der Waals surface area contributed by atoms with Crippen LogP contribution in [0.25, 0.3) is 0 Å². The van der Waals surface area contributed by atoms with E-state index in [1.807, 2.05) is 6.92 Å². The van der Waals surface area contributed by atoms with Crippen molar-refractivity contribution in [3.8, 4) is 0 Å². The molecule has 1 aliphatic rings. The van der Waals surface area contributed by atoms with Crippen LogP contribution in [0.5, 0.6) is 0 Å². The SMILES string of the molecule is CCN1CCN(CC(C)(O)CN)CC1C. The number of piperazine rings is 1. The predicted octanol–water partition coefficient (Wildman–Crippen LogP) is -0.278. The Hall–Kier alpha value is -0.160. The monoisotopic (exact) mass is 215 g/mol. The van der Waals surface area contributed by atoms with Crippen molar-refractivity contribution in [1.29, 1.82) is 0 Å². The number of aliphatic hydroxyl groups is 1. The van der Waals surface area contributed by atoms with E-state index in [0.717, 1.165) is 26.2 Å². The molecule has 0 amide bonds. The lowest BCUT2D eigenvalue weighted by Crippen LogP contribution is -2.56. The molecule has 2 unspecified atom stereocenters. The minimum absolute atomic E-state index is 0.329. The van der Waals surface area contributed by atoms with Crippen LogP contribution in [-0.4, -0.2) is 65.8 Å². The van der Waals surface area contributed by atoms with E-state index in [-0.39, 0.29) is 0 Å². The summed E-state index contributed by atoms with van der Waals surface area (Å²) in [6, 6.07) is 0.581. The van der Waals surface area contributed by atoms with Crippen LogP contribution in [0.1, 0.15) is 20.8 Å². The van der Waals surface area contributed by atoms with Crippen LogP contribution in [0.3, 0.4) is 0 Å². The Labute approximate surface area is 93.0 Å². The van der Waals surface area contributed by atoms with Crippen LogP contribution in [0.2, 0.25) is 0 Å². The first-order chi connectivity index (χ1) is 6.98. The van der Waals surface area contributed by atoms with Gasteiger partial charge in [0.1, 0.15) is 0 Å². The van der Waals surface area contributed by atoms with Crippen LogP contribution in [0.4, 0.5) is 0 Å². The maximum atomic E-state index is 9.90. The van der Waals surface area contributed by atoms with Gasteiger partial charge in [0.15, 0.2) is 0 Å². The van der Waals surface area contributed by atoms with Crippen molar-refractivity contribution < 1.29 is 5.11 Å². The Balaban J connectivity index is 2.41. The molecule has 4 heteroatoms. The fraction of sp³-hybridized carbons (Fsp3) is 1.00. The Morgan fingerprint density at radius 1 is 1.47 bits per heavy atom. The van der Waals surface area contributed by atoms with E-state index in [4.69, 9.17) is 5.73 Å². The summed E-state index contributed by atoms with van der Waals surface area (Å²) in [7, 11) is 0. The molecular formula is C11H25N3O. The molecule has 0 aliphatic carbocycles. The molecule has 4 nitrogen and oxygen atoms in total. The first-order valence-electron chi connectivity index (χ1n) is 5.87. The first kappa shape index (κ1) is 12.9. The third-order valence-corrected chi connectivity index (χ3v) is 3.26. The minimum atomic E-state index is -0.742. The predicted molar refractivity (Wildman–Crippen MR) is 62.8 cm³/mol. The standard InChI is InChI=1S/C11H25N3O/c1-4-14-6-5-13(7-10(14)2)9-11(3,15)8-12/h10,15H,4-9,12H2,1-3H3. The van der Waals surface area contributed by atoms with Crippen LogP contribution in [-0.2, 0) is 0 Å². The summed E-state index contributed by atoms with van der Waals surface area (Å²) in [6.45, 7) is 11.5. The molecule has 0 aromatic rings. The van der Waals surface area contributed by atoms with Gasteiger partial charge in [0.25, 0.3) is 0 Å². The van der Waals surface area contributed by atoms with E-state index in [1.165, 1.54) is 0 Å². The Kier molecular flexibility index (Phi) is 4.52. The molecule has 0 aromatic carbocycles. The zero-order chi connectivity index (χ0) is 11.5. The lowest BCUT2D eigenvalue weighted by molar-refractivity contribution is -0.000899. The summed E-state index contributed by atoms with van der Waals surface area (Å²) >= 11 is 0. The summed E-state index contributed by atoms with van der Waals surface area (Å²) < 4.78 is 0. The van der Waals surface area contributed by atoms with Gasteiger partial charge in [0, 0.05) is 38.8 Å². The summed E-state index contributed by atoms with van der Waals surface area (Å²) in [4.78, 5) is 4.78. The van der Waals surface area contributed by atoms with Gasteiger partial charge in [-0.15, -0.1) is 0 Å². The molecule has 1 rings (SSSR count). The normalized spacial score (nSPS) is 29.0. The first-order valence-corrected chi connectivity index (χ1v) is 5.87. The van der Waals surface area contributed by atoms with Gasteiger partial charge >= 0.3 is 0 Å². The average Bonchev–Trinajstić information content (AvgIpc) is 2.17. The van der Waals surface area contributed by atoms with Gasteiger partial charge in [-0.25, -0.2) is 0 Å². The molecular weight excluding hydrogens is 190 g/mol. The van der Waals surface area contributed by atoms with Crippen molar-refractivity contribution in [2.75, 3.05) is 39.3 Å². The molecule has 0 bridgehead atoms. The van der Waals surface area contributed by atoms with Crippen molar-refractivity contribution >= 4 is 0 Å². The number of rotatable bonds is 4. The molecule has 1 aliphatic heterocycles. The average molecular weight is 215 g/mol. The zero-order valence-corrected chi connectivity index (χ0v) is 10.2. The Morgan fingerprint density at radius 3 is 2.60 bits per heavy atom. The van der Waals surface area contributed by atoms with E-state index >= 15 is 0 Å². The minimum Gasteiger partial charge on any atom is -0.388 e. The fourth-order valence-corrected chi connectivity index (χ4v) is 2.23. The highest BCUT2D eigenvalue weighted by Crippen LogP contribution is 2.12. The highest BCUT2D eigenvalue weighted by Gasteiger charge is 2.27. The van der Waals surface area contributed by atoms with Gasteiger partial charge in [0.05, 0.1) is 5.60 Å². The molecule has 0 radical (unpaired) electrons. The molecule has 0 spiro atoms. The summed E-state index contributed by atoms with van der Waals surface area (Å²) in [5.41, 5.74) is 4.78. The van der Waals surface area contributed by atoms with E-state index in [1.54, 1.807) is 0 Å². The molecule has 0 aromatic heterocycles. The second kappa shape index (κ2) is 5.25. The lowest BCUT2D eigenvalue weighted by Gasteiger charge is -2.41. The highest BCUT2D eigenvalue weighted by molar-refractivity contribution is 4.84. The number of likely N-dealkylation sites (N-methyl/N-ethyl adjacent to an activating group) is 1. The largest absolute Gasteiger partial charge is 0.388 e. The van der Waals surface area contributed by atoms with Gasteiger partial charge in [-0.3, -0.25) is 9.80 Å². The molecule has 90 valence electrons. The number of β-amino-alcohol motifs (C(OH)–C–C–N with tert-alkyl or cyclic N) is 1. The topological polar surface area (TPSA) is 52.7 Å². The molecule has 1 heterocycles. The van der Waals surface area contributed by atoms with Gasteiger partial charge in [-0.1, -0.05) is 6.92 Å². The number of nitrogens with two attached hydrogens (primary N) is 1. The van der Waals surface area contributed by atoms with Crippen LogP contribution >= 0.6 is 0 Å². The third kappa shape index (κ3) is 3.72. The van der Waals surface area contributed by atoms with Gasteiger partial charge in [0.2, 0.25) is 0 Å². The number of hydrogen-bond acceptors (Lipinski definition) is 4. The van der Waals surface area contributed by atoms with Crippen LogP contribution in [0, 0.1) is 0 Å². The molecule has 1 saturated heterocycles. The van der Waals surface area contributed by atoms with Crippen molar-refractivity contribution in [3.05, 3.63) is 0 Å². The van der Waals surface area contributed by atoms with E-state index in [2.05, 4.69) is 23.6 Å². The number of nitrogens with zero attached hydrogens (tertiary/aromatic N) is 2. The molecule has 2 atom stereocenters. The Morgan fingerprint density at radius 2 is 2.13 bits per heavy atom. The summed E-state index contributed by atoms with van der Waals surface area (Å²) in [5, 5.41) is 9.90. The Bertz CT molecular complexity index is 196. The van der Waals surface area contributed by atoms with Gasteiger partial charge in [-0.2, -0.15) is 0 Å². The zero-order valence-electron chi connectivity index (χ0n) is 10.2. The highest BCUT2D eigenvalue weighted by atomic mass is 16.3. The molecule has 15 heavy (non-hydrogen) atoms. The van der Waals surface area contributed by atoms with Crippen molar-refractivity contribution in [2.24, 2.45) is 5.73 Å². The van der Waals surface area contributed by atoms with Crippen molar-refractivity contribution in [3.63, 3.8) is 0 Å². The van der Waals surface area contributed by atoms with E-state index in [9.17, 15) is 5.11 Å². The quantitative estimate of drug-likeness (QED) is 0.677. The van der Waals surface area contributed by atoms with Crippen LogP contribution < -0.4 is 5.73 Å². The second-order valence-corrected chi connectivity index (χ2v) is 4.91. The van der Waals surface area contributed by atoms with Crippen molar-refractivity contribution in [2.45, 2.75) is 32.4 Å². The third-order valence-electron chi connectivity index (χ3n) is 3.26. The molecule has 3 N–H and O–H groups in total. The lowest BCUT2D eigenvalue weighted by atomic mass is 10.1. The number of hydrogen-bond donors (Lipinski definition) is 2. The van der Waals surface area contributed by atoms with E-state index < -0.39 is 5.60 Å². The van der Waals surface area contributed by atoms with E-state index in [0.29, 0.717) is 19.1 Å². The molecule has 1 fully saturated rings. The smallest absolute Gasteiger partial charge is 0.0867 e. The maximum absolute atomic E-state index is 9.90. The summed E-state index contributed by atoms with van der Waals surface area (Å²) in [5.74, 6) is 0. The fourth-order valence-electron chi connectivity index (χ4n) is 2.23. The maximum Gasteiger partial charge on any atom is 0.0867 e.